The molecular formula is C15H20N4O. The molecule has 0 spiro atoms. The van der Waals surface area contributed by atoms with Crippen molar-refractivity contribution in [1.82, 2.24) is 20.1 Å². The van der Waals surface area contributed by atoms with Gasteiger partial charge in [-0.25, -0.2) is 4.98 Å². The number of hydrogen-bond donors (Lipinski definition) is 1. The van der Waals surface area contributed by atoms with Crippen LogP contribution < -0.4 is 5.32 Å². The van der Waals surface area contributed by atoms with Gasteiger partial charge in [-0.2, -0.15) is 5.10 Å². The van der Waals surface area contributed by atoms with Crippen molar-refractivity contribution >= 4 is 5.91 Å². The molecule has 0 aliphatic carbocycles. The lowest BCUT2D eigenvalue weighted by molar-refractivity contribution is -0.122. The van der Waals surface area contributed by atoms with Gasteiger partial charge in [-0.1, -0.05) is 31.2 Å². The van der Waals surface area contributed by atoms with Crippen molar-refractivity contribution in [3.63, 3.8) is 0 Å². The largest absolute Gasteiger partial charge is 0.350 e. The first kappa shape index (κ1) is 14.2. The Balaban J connectivity index is 1.83. The molecule has 0 radical (unpaired) electrons. The van der Waals surface area contributed by atoms with Crippen molar-refractivity contribution in [3.8, 4) is 0 Å². The maximum absolute atomic E-state index is 11.9. The van der Waals surface area contributed by atoms with Crippen molar-refractivity contribution in [1.29, 1.82) is 0 Å². The first-order chi connectivity index (χ1) is 9.69. The highest BCUT2D eigenvalue weighted by Gasteiger charge is 2.09. The van der Waals surface area contributed by atoms with E-state index in [1.807, 2.05) is 6.92 Å². The molecular weight excluding hydrogens is 252 g/mol. The molecule has 0 aliphatic rings. The summed E-state index contributed by atoms with van der Waals surface area (Å²) in [6, 6.07) is 8.37. The quantitative estimate of drug-likeness (QED) is 0.876. The molecule has 1 aromatic heterocycles. The van der Waals surface area contributed by atoms with Crippen LogP contribution in [0.1, 0.15) is 37.4 Å². The number of carbonyl (C=O) groups is 1. The third-order valence-corrected chi connectivity index (χ3v) is 3.30. The third-order valence-electron chi connectivity index (χ3n) is 3.30. The number of aryl methyl sites for hydroxylation is 2. The number of nitrogens with one attached hydrogen (secondary N) is 1. The highest BCUT2D eigenvalue weighted by molar-refractivity contribution is 5.76. The van der Waals surface area contributed by atoms with Crippen LogP contribution in [0.5, 0.6) is 0 Å². The van der Waals surface area contributed by atoms with E-state index >= 15 is 0 Å². The Morgan fingerprint density at radius 2 is 2.10 bits per heavy atom. The van der Waals surface area contributed by atoms with E-state index in [2.05, 4.69) is 46.6 Å². The second-order valence-electron chi connectivity index (χ2n) is 4.79. The van der Waals surface area contributed by atoms with E-state index in [0.29, 0.717) is 13.0 Å². The van der Waals surface area contributed by atoms with E-state index in [4.69, 9.17) is 0 Å². The molecule has 106 valence electrons. The van der Waals surface area contributed by atoms with E-state index in [0.717, 1.165) is 12.0 Å². The molecule has 5 heteroatoms. The number of benzene rings is 1. The lowest BCUT2D eigenvalue weighted by atomic mass is 10.0. The van der Waals surface area contributed by atoms with E-state index in [1.165, 1.54) is 11.9 Å². The Morgan fingerprint density at radius 3 is 2.70 bits per heavy atom. The van der Waals surface area contributed by atoms with E-state index in [-0.39, 0.29) is 11.9 Å². The predicted molar refractivity (Wildman–Crippen MR) is 77.0 cm³/mol. The van der Waals surface area contributed by atoms with Gasteiger partial charge in [0.15, 0.2) is 0 Å². The molecule has 2 aromatic rings. The average Bonchev–Trinajstić information content (AvgIpc) is 2.98. The number of amides is 1. The van der Waals surface area contributed by atoms with Gasteiger partial charge in [0, 0.05) is 6.42 Å². The summed E-state index contributed by atoms with van der Waals surface area (Å²) in [6.45, 7) is 4.67. The summed E-state index contributed by atoms with van der Waals surface area (Å²) in [6.07, 6.45) is 4.51. The van der Waals surface area contributed by atoms with E-state index in [1.54, 1.807) is 11.0 Å². The fourth-order valence-corrected chi connectivity index (χ4v) is 2.00. The number of rotatable bonds is 6. The number of hydrogen-bond acceptors (Lipinski definition) is 3. The van der Waals surface area contributed by atoms with E-state index < -0.39 is 0 Å². The highest BCUT2D eigenvalue weighted by Crippen LogP contribution is 2.13. The Bertz CT molecular complexity index is 534. The van der Waals surface area contributed by atoms with Crippen molar-refractivity contribution in [2.45, 2.75) is 39.3 Å². The summed E-state index contributed by atoms with van der Waals surface area (Å²) < 4.78 is 1.65. The van der Waals surface area contributed by atoms with Crippen molar-refractivity contribution in [2.75, 3.05) is 0 Å². The SMILES string of the molecule is CCc1ccc(C(C)NC(=O)CCn2cncn2)cc1. The molecule has 1 N–H and O–H groups in total. The summed E-state index contributed by atoms with van der Waals surface area (Å²) in [5.74, 6) is 0.0209. The Morgan fingerprint density at radius 1 is 1.35 bits per heavy atom. The Labute approximate surface area is 119 Å². The zero-order chi connectivity index (χ0) is 14.4. The summed E-state index contributed by atoms with van der Waals surface area (Å²) in [4.78, 5) is 15.7. The predicted octanol–water partition coefficient (Wildman–Crippen LogP) is 2.11. The van der Waals surface area contributed by atoms with Gasteiger partial charge in [-0.3, -0.25) is 9.48 Å². The van der Waals surface area contributed by atoms with Crippen LogP contribution in [0, 0.1) is 0 Å². The number of carbonyl (C=O) groups excluding carboxylic acids is 1. The molecule has 5 nitrogen and oxygen atoms in total. The average molecular weight is 272 g/mol. The van der Waals surface area contributed by atoms with Crippen LogP contribution in [0.15, 0.2) is 36.9 Å². The third kappa shape index (κ3) is 3.91. The minimum absolute atomic E-state index is 0.0177. The molecule has 2 rings (SSSR count). The van der Waals surface area contributed by atoms with Gasteiger partial charge in [0.25, 0.3) is 0 Å². The molecule has 1 aromatic carbocycles. The topological polar surface area (TPSA) is 59.8 Å². The summed E-state index contributed by atoms with van der Waals surface area (Å²) >= 11 is 0. The minimum Gasteiger partial charge on any atom is -0.350 e. The van der Waals surface area contributed by atoms with Gasteiger partial charge in [0.2, 0.25) is 5.91 Å². The first-order valence-electron chi connectivity index (χ1n) is 6.89. The monoisotopic (exact) mass is 272 g/mol. The summed E-state index contributed by atoms with van der Waals surface area (Å²) in [5.41, 5.74) is 2.43. The van der Waals surface area contributed by atoms with Crippen molar-refractivity contribution < 1.29 is 4.79 Å². The van der Waals surface area contributed by atoms with Crippen molar-refractivity contribution in [2.24, 2.45) is 0 Å². The Hall–Kier alpha value is -2.17. The fraction of sp³-hybridized carbons (Fsp3) is 0.400. The molecule has 1 atom stereocenters. The van der Waals surface area contributed by atoms with Crippen LogP contribution >= 0.6 is 0 Å². The normalized spacial score (nSPS) is 12.1. The van der Waals surface area contributed by atoms with Gasteiger partial charge in [-0.05, 0) is 24.5 Å². The second-order valence-corrected chi connectivity index (χ2v) is 4.79. The zero-order valence-corrected chi connectivity index (χ0v) is 11.9. The Kier molecular flexibility index (Phi) is 4.87. The maximum Gasteiger partial charge on any atom is 0.222 e. The molecule has 0 bridgehead atoms. The number of nitrogens with zero attached hydrogens (tertiary/aromatic N) is 3. The lowest BCUT2D eigenvalue weighted by Gasteiger charge is -2.14. The van der Waals surface area contributed by atoms with Gasteiger partial charge >= 0.3 is 0 Å². The molecule has 0 aliphatic heterocycles. The number of aromatic nitrogens is 3. The van der Waals surface area contributed by atoms with Crippen molar-refractivity contribution in [3.05, 3.63) is 48.0 Å². The molecule has 1 heterocycles. The maximum atomic E-state index is 11.9. The lowest BCUT2D eigenvalue weighted by Crippen LogP contribution is -2.27. The van der Waals surface area contributed by atoms with Crippen LogP contribution in [0.2, 0.25) is 0 Å². The standard InChI is InChI=1S/C15H20N4O/c1-3-13-4-6-14(7-5-13)12(2)18-15(20)8-9-19-11-16-10-17-19/h4-7,10-12H,3,8-9H2,1-2H3,(H,18,20). The van der Waals surface area contributed by atoms with Gasteiger partial charge in [0.05, 0.1) is 12.6 Å². The van der Waals surface area contributed by atoms with Crippen LogP contribution in [0.25, 0.3) is 0 Å². The smallest absolute Gasteiger partial charge is 0.222 e. The molecule has 1 amide bonds. The second kappa shape index (κ2) is 6.84. The minimum atomic E-state index is 0.0177. The molecule has 1 unspecified atom stereocenters. The van der Waals surface area contributed by atoms with E-state index in [9.17, 15) is 4.79 Å². The summed E-state index contributed by atoms with van der Waals surface area (Å²) in [5, 5.41) is 6.97. The van der Waals surface area contributed by atoms with Crippen LogP contribution in [-0.2, 0) is 17.8 Å². The molecule has 0 saturated carbocycles. The van der Waals surface area contributed by atoms with Crippen LogP contribution in [-0.4, -0.2) is 20.7 Å². The van der Waals surface area contributed by atoms with Crippen LogP contribution in [0.3, 0.4) is 0 Å². The molecule has 20 heavy (non-hydrogen) atoms. The summed E-state index contributed by atoms with van der Waals surface area (Å²) in [7, 11) is 0. The molecule has 0 fully saturated rings. The van der Waals surface area contributed by atoms with Gasteiger partial charge < -0.3 is 5.32 Å². The van der Waals surface area contributed by atoms with Gasteiger partial charge in [0.1, 0.15) is 12.7 Å². The molecule has 0 saturated heterocycles. The first-order valence-corrected chi connectivity index (χ1v) is 6.89. The fourth-order valence-electron chi connectivity index (χ4n) is 2.00. The van der Waals surface area contributed by atoms with Crippen LogP contribution in [0.4, 0.5) is 0 Å². The highest BCUT2D eigenvalue weighted by atomic mass is 16.1. The zero-order valence-electron chi connectivity index (χ0n) is 11.9. The van der Waals surface area contributed by atoms with Gasteiger partial charge in [-0.15, -0.1) is 0 Å².